The second-order valence-corrected chi connectivity index (χ2v) is 4.56. The van der Waals surface area contributed by atoms with Crippen molar-refractivity contribution in [1.82, 2.24) is 5.16 Å². The summed E-state index contributed by atoms with van der Waals surface area (Å²) in [6.45, 7) is 1.77. The Morgan fingerprint density at radius 3 is 2.74 bits per heavy atom. The minimum Gasteiger partial charge on any atom is -0.461 e. The summed E-state index contributed by atoms with van der Waals surface area (Å²) in [7, 11) is 0. The Labute approximate surface area is 110 Å². The van der Waals surface area contributed by atoms with Gasteiger partial charge in [0, 0.05) is 5.92 Å². The Morgan fingerprint density at radius 2 is 2.16 bits per heavy atom. The Hall–Kier alpha value is -1.92. The van der Waals surface area contributed by atoms with Gasteiger partial charge in [-0.2, -0.15) is 0 Å². The molecule has 104 valence electrons. The van der Waals surface area contributed by atoms with Gasteiger partial charge in [-0.1, -0.05) is 24.4 Å². The standard InChI is InChI=1S/C12H16N2O5/c1-2-18-12(15)9-10(14(16)17)11(19-13-9)8-6-4-3-5-7-8/h8H,2-7H2,1H3. The molecule has 7 heteroatoms. The minimum absolute atomic E-state index is 0.0233. The smallest absolute Gasteiger partial charge is 0.367 e. The largest absolute Gasteiger partial charge is 0.461 e. The first kappa shape index (κ1) is 13.5. The molecule has 0 N–H and O–H groups in total. The first-order valence-corrected chi connectivity index (χ1v) is 6.46. The summed E-state index contributed by atoms with van der Waals surface area (Å²) in [5.74, 6) is -0.613. The highest BCUT2D eigenvalue weighted by Gasteiger charge is 2.36. The number of hydrogen-bond donors (Lipinski definition) is 0. The molecular formula is C12H16N2O5. The van der Waals surface area contributed by atoms with Crippen LogP contribution in [-0.4, -0.2) is 22.7 Å². The van der Waals surface area contributed by atoms with Gasteiger partial charge < -0.3 is 9.26 Å². The van der Waals surface area contributed by atoms with E-state index in [0.29, 0.717) is 0 Å². The number of hydrogen-bond acceptors (Lipinski definition) is 6. The summed E-state index contributed by atoms with van der Waals surface area (Å²) in [4.78, 5) is 22.2. The Kier molecular flexibility index (Phi) is 4.13. The molecule has 1 aromatic heterocycles. The highest BCUT2D eigenvalue weighted by molar-refractivity contribution is 5.92. The summed E-state index contributed by atoms with van der Waals surface area (Å²) in [6.07, 6.45) is 4.81. The van der Waals surface area contributed by atoms with Crippen molar-refractivity contribution in [3.8, 4) is 0 Å². The predicted molar refractivity (Wildman–Crippen MR) is 64.9 cm³/mol. The number of carbonyl (C=O) groups excluding carboxylic acids is 1. The topological polar surface area (TPSA) is 95.5 Å². The zero-order chi connectivity index (χ0) is 13.8. The minimum atomic E-state index is -0.806. The molecule has 1 aromatic rings. The normalized spacial score (nSPS) is 16.3. The van der Waals surface area contributed by atoms with Gasteiger partial charge in [-0.3, -0.25) is 10.1 Å². The third-order valence-corrected chi connectivity index (χ3v) is 3.32. The van der Waals surface area contributed by atoms with Crippen molar-refractivity contribution in [2.75, 3.05) is 6.61 Å². The van der Waals surface area contributed by atoms with Gasteiger partial charge in [-0.25, -0.2) is 4.79 Å². The molecule has 1 aliphatic rings. The van der Waals surface area contributed by atoms with E-state index in [1.54, 1.807) is 6.92 Å². The first-order chi connectivity index (χ1) is 9.15. The van der Waals surface area contributed by atoms with Crippen molar-refractivity contribution >= 4 is 11.7 Å². The van der Waals surface area contributed by atoms with E-state index in [0.717, 1.165) is 32.1 Å². The lowest BCUT2D eigenvalue weighted by Crippen LogP contribution is -2.10. The average Bonchev–Trinajstić information content (AvgIpc) is 2.85. The van der Waals surface area contributed by atoms with Gasteiger partial charge in [-0.05, 0) is 19.8 Å². The highest BCUT2D eigenvalue weighted by atomic mass is 16.6. The van der Waals surface area contributed by atoms with Gasteiger partial charge in [0.1, 0.15) is 0 Å². The van der Waals surface area contributed by atoms with Gasteiger partial charge in [0.15, 0.2) is 0 Å². The van der Waals surface area contributed by atoms with Crippen LogP contribution < -0.4 is 0 Å². The molecule has 1 heterocycles. The van der Waals surface area contributed by atoms with Crippen LogP contribution in [0, 0.1) is 10.1 Å². The van der Waals surface area contributed by atoms with Gasteiger partial charge in [-0.15, -0.1) is 0 Å². The van der Waals surface area contributed by atoms with Gasteiger partial charge in [0.05, 0.1) is 11.5 Å². The van der Waals surface area contributed by atoms with E-state index in [2.05, 4.69) is 5.16 Å². The van der Waals surface area contributed by atoms with Crippen LogP contribution in [0.15, 0.2) is 4.52 Å². The van der Waals surface area contributed by atoms with E-state index < -0.39 is 10.9 Å². The third-order valence-electron chi connectivity index (χ3n) is 3.32. The SMILES string of the molecule is CCOC(=O)c1noc(C2CCCCC2)c1[N+](=O)[O-]. The van der Waals surface area contributed by atoms with Crippen molar-refractivity contribution < 1.29 is 19.0 Å². The van der Waals surface area contributed by atoms with Crippen LogP contribution in [0.4, 0.5) is 5.69 Å². The van der Waals surface area contributed by atoms with E-state index in [4.69, 9.17) is 9.26 Å². The molecule has 19 heavy (non-hydrogen) atoms. The maximum absolute atomic E-state index is 11.6. The lowest BCUT2D eigenvalue weighted by molar-refractivity contribution is -0.386. The fraction of sp³-hybridized carbons (Fsp3) is 0.667. The van der Waals surface area contributed by atoms with Crippen molar-refractivity contribution in [1.29, 1.82) is 0 Å². The summed E-state index contributed by atoms with van der Waals surface area (Å²) >= 11 is 0. The van der Waals surface area contributed by atoms with Crippen LogP contribution in [-0.2, 0) is 4.74 Å². The number of esters is 1. The lowest BCUT2D eigenvalue weighted by atomic mass is 9.87. The van der Waals surface area contributed by atoms with E-state index in [1.807, 2.05) is 0 Å². The molecule has 0 spiro atoms. The molecule has 1 saturated carbocycles. The van der Waals surface area contributed by atoms with E-state index in [-0.39, 0.29) is 29.7 Å². The molecule has 0 aromatic carbocycles. The highest BCUT2D eigenvalue weighted by Crippen LogP contribution is 2.38. The zero-order valence-corrected chi connectivity index (χ0v) is 10.8. The van der Waals surface area contributed by atoms with Crippen molar-refractivity contribution in [2.45, 2.75) is 44.9 Å². The second-order valence-electron chi connectivity index (χ2n) is 4.56. The molecule has 1 fully saturated rings. The molecule has 2 rings (SSSR count). The van der Waals surface area contributed by atoms with Gasteiger partial charge in [0.25, 0.3) is 5.69 Å². The molecule has 7 nitrogen and oxygen atoms in total. The predicted octanol–water partition coefficient (Wildman–Crippen LogP) is 2.81. The molecule has 1 aliphatic carbocycles. The molecule has 0 unspecified atom stereocenters. The molecule has 0 aliphatic heterocycles. The van der Waals surface area contributed by atoms with Crippen LogP contribution in [0.3, 0.4) is 0 Å². The number of ether oxygens (including phenoxy) is 1. The molecular weight excluding hydrogens is 252 g/mol. The van der Waals surface area contributed by atoms with Crippen molar-refractivity contribution in [3.05, 3.63) is 21.6 Å². The van der Waals surface area contributed by atoms with E-state index >= 15 is 0 Å². The van der Waals surface area contributed by atoms with E-state index in [1.165, 1.54) is 0 Å². The van der Waals surface area contributed by atoms with Crippen molar-refractivity contribution in [3.63, 3.8) is 0 Å². The molecule has 0 radical (unpaired) electrons. The summed E-state index contributed by atoms with van der Waals surface area (Å²) in [5, 5.41) is 14.7. The van der Waals surface area contributed by atoms with Crippen molar-refractivity contribution in [2.24, 2.45) is 0 Å². The number of carbonyl (C=O) groups is 1. The fourth-order valence-electron chi connectivity index (χ4n) is 2.44. The number of aromatic nitrogens is 1. The number of nitro groups is 1. The summed E-state index contributed by atoms with van der Waals surface area (Å²) in [6, 6.07) is 0. The third kappa shape index (κ3) is 2.74. The van der Waals surface area contributed by atoms with Gasteiger partial charge in [0.2, 0.25) is 5.76 Å². The number of nitrogens with zero attached hydrogens (tertiary/aromatic N) is 2. The number of rotatable bonds is 4. The zero-order valence-electron chi connectivity index (χ0n) is 10.8. The quantitative estimate of drug-likeness (QED) is 0.473. The van der Waals surface area contributed by atoms with Crippen LogP contribution in [0.2, 0.25) is 0 Å². The van der Waals surface area contributed by atoms with Crippen LogP contribution in [0.1, 0.15) is 61.2 Å². The Balaban J connectivity index is 2.33. The fourth-order valence-corrected chi connectivity index (χ4v) is 2.44. The summed E-state index contributed by atoms with van der Waals surface area (Å²) in [5.41, 5.74) is -0.655. The Morgan fingerprint density at radius 1 is 1.47 bits per heavy atom. The van der Waals surface area contributed by atoms with E-state index in [9.17, 15) is 14.9 Å². The average molecular weight is 268 g/mol. The van der Waals surface area contributed by atoms with Crippen LogP contribution >= 0.6 is 0 Å². The Bertz CT molecular complexity index is 476. The molecule has 0 saturated heterocycles. The van der Waals surface area contributed by atoms with Crippen LogP contribution in [0.5, 0.6) is 0 Å². The van der Waals surface area contributed by atoms with Crippen LogP contribution in [0.25, 0.3) is 0 Å². The lowest BCUT2D eigenvalue weighted by Gasteiger charge is -2.17. The maximum atomic E-state index is 11.6. The first-order valence-electron chi connectivity index (χ1n) is 6.46. The second kappa shape index (κ2) is 5.81. The molecule has 0 atom stereocenters. The maximum Gasteiger partial charge on any atom is 0.367 e. The summed E-state index contributed by atoms with van der Waals surface area (Å²) < 4.78 is 9.83. The monoisotopic (exact) mass is 268 g/mol. The molecule has 0 amide bonds. The molecule has 0 bridgehead atoms. The van der Waals surface area contributed by atoms with Gasteiger partial charge >= 0.3 is 11.7 Å².